The first kappa shape index (κ1) is 31.1. The highest BCUT2D eigenvalue weighted by Gasteiger charge is 2.34. The summed E-state index contributed by atoms with van der Waals surface area (Å²) in [5.41, 5.74) is 1.29. The molecule has 0 spiro atoms. The number of carbonyl (C=O) groups excluding carboxylic acids is 2. The van der Waals surface area contributed by atoms with E-state index in [1.165, 1.54) is 29.2 Å². The molecule has 40 heavy (non-hydrogen) atoms. The molecule has 0 saturated carbocycles. The zero-order valence-corrected chi connectivity index (χ0v) is 24.9. The van der Waals surface area contributed by atoms with Gasteiger partial charge in [0.1, 0.15) is 18.4 Å². The monoisotopic (exact) mass is 587 g/mol. The van der Waals surface area contributed by atoms with Crippen molar-refractivity contribution in [2.24, 2.45) is 0 Å². The van der Waals surface area contributed by atoms with E-state index in [4.69, 9.17) is 11.6 Å². The molecule has 1 N–H and O–H groups in total. The van der Waals surface area contributed by atoms with E-state index in [2.05, 4.69) is 5.32 Å². The van der Waals surface area contributed by atoms with Gasteiger partial charge in [-0.3, -0.25) is 13.9 Å². The third-order valence-corrected chi connectivity index (χ3v) is 8.24. The first-order chi connectivity index (χ1) is 18.7. The average Bonchev–Trinajstić information content (AvgIpc) is 2.89. The van der Waals surface area contributed by atoms with Crippen molar-refractivity contribution < 1.29 is 22.4 Å². The Morgan fingerprint density at radius 3 is 2.17 bits per heavy atom. The third-order valence-electron chi connectivity index (χ3n) is 6.16. The number of sulfonamides is 1. The molecule has 0 unspecified atom stereocenters. The van der Waals surface area contributed by atoms with E-state index in [0.717, 1.165) is 21.5 Å². The molecule has 1 atom stereocenters. The lowest BCUT2D eigenvalue weighted by Gasteiger charge is -2.34. The summed E-state index contributed by atoms with van der Waals surface area (Å²) in [5.74, 6) is -1.67. The second kappa shape index (κ2) is 12.8. The van der Waals surface area contributed by atoms with Crippen LogP contribution >= 0.6 is 11.6 Å². The summed E-state index contributed by atoms with van der Waals surface area (Å²) >= 11 is 6.00. The van der Waals surface area contributed by atoms with Crippen LogP contribution < -0.4 is 9.62 Å². The normalized spacial score (nSPS) is 12.5. The van der Waals surface area contributed by atoms with E-state index in [1.807, 2.05) is 52.0 Å². The minimum Gasteiger partial charge on any atom is -0.350 e. The van der Waals surface area contributed by atoms with Gasteiger partial charge in [0.25, 0.3) is 10.0 Å². The number of amides is 2. The van der Waals surface area contributed by atoms with Crippen LogP contribution in [0.5, 0.6) is 0 Å². The Hall–Kier alpha value is -3.43. The molecule has 3 aromatic carbocycles. The topological polar surface area (TPSA) is 86.8 Å². The van der Waals surface area contributed by atoms with E-state index in [0.29, 0.717) is 6.42 Å². The first-order valence-corrected chi connectivity index (χ1v) is 14.7. The molecule has 2 amide bonds. The van der Waals surface area contributed by atoms with Crippen molar-refractivity contribution in [3.63, 3.8) is 0 Å². The molecule has 0 aliphatic heterocycles. The number of nitrogens with zero attached hydrogens (tertiary/aromatic N) is 2. The van der Waals surface area contributed by atoms with Gasteiger partial charge in [-0.2, -0.15) is 0 Å². The second-order valence-electron chi connectivity index (χ2n) is 10.6. The smallest absolute Gasteiger partial charge is 0.264 e. The first-order valence-electron chi connectivity index (χ1n) is 12.9. The minimum atomic E-state index is -4.27. The molecule has 0 radical (unpaired) electrons. The maximum absolute atomic E-state index is 14.0. The summed E-state index contributed by atoms with van der Waals surface area (Å²) < 4.78 is 42.5. The Labute approximate surface area is 241 Å². The van der Waals surface area contributed by atoms with Crippen LogP contribution in [0.25, 0.3) is 0 Å². The Balaban J connectivity index is 2.08. The fourth-order valence-corrected chi connectivity index (χ4v) is 5.75. The number of halogens is 2. The third kappa shape index (κ3) is 7.82. The predicted octanol–water partition coefficient (Wildman–Crippen LogP) is 5.70. The van der Waals surface area contributed by atoms with Crippen molar-refractivity contribution >= 4 is 39.1 Å². The van der Waals surface area contributed by atoms with E-state index in [-0.39, 0.29) is 28.1 Å². The van der Waals surface area contributed by atoms with Crippen LogP contribution in [0.15, 0.2) is 77.7 Å². The zero-order valence-electron chi connectivity index (χ0n) is 23.3. The van der Waals surface area contributed by atoms with Crippen LogP contribution in [0.1, 0.15) is 45.2 Å². The number of hydrogen-bond donors (Lipinski definition) is 1. The van der Waals surface area contributed by atoms with E-state index in [9.17, 15) is 22.4 Å². The molecule has 0 aromatic heterocycles. The SMILES string of the molecule is CC[C@@H](C(=O)NC(C)(C)C)N(Cc1ccc(C)cc1)C(=O)CN(c1ccc(F)c(Cl)c1)S(=O)(=O)c1ccccc1. The highest BCUT2D eigenvalue weighted by atomic mass is 35.5. The standard InChI is InChI=1S/C30H35ClFN3O4S/c1-6-27(29(37)33-30(3,4)5)34(19-22-14-12-21(2)13-15-22)28(36)20-35(23-16-17-26(32)25(31)18-23)40(38,39)24-10-8-7-9-11-24/h7-18,27H,6,19-20H2,1-5H3,(H,33,37)/t27-/m0/s1. The molecule has 0 saturated heterocycles. The number of nitrogens with one attached hydrogen (secondary N) is 1. The van der Waals surface area contributed by atoms with Crippen LogP contribution in [-0.2, 0) is 26.2 Å². The van der Waals surface area contributed by atoms with Gasteiger partial charge in [-0.1, -0.05) is 66.6 Å². The van der Waals surface area contributed by atoms with E-state index < -0.39 is 39.9 Å². The van der Waals surface area contributed by atoms with Gasteiger partial charge in [0, 0.05) is 12.1 Å². The number of hydrogen-bond acceptors (Lipinski definition) is 4. The van der Waals surface area contributed by atoms with Crippen LogP contribution in [0.3, 0.4) is 0 Å². The zero-order chi connectivity index (χ0) is 29.7. The van der Waals surface area contributed by atoms with E-state index in [1.54, 1.807) is 25.1 Å². The van der Waals surface area contributed by atoms with Crippen molar-refractivity contribution in [2.45, 2.75) is 64.1 Å². The lowest BCUT2D eigenvalue weighted by molar-refractivity contribution is -0.141. The van der Waals surface area contributed by atoms with Gasteiger partial charge in [-0.05, 0) is 70.0 Å². The van der Waals surface area contributed by atoms with Crippen LogP contribution in [0, 0.1) is 12.7 Å². The number of benzene rings is 3. The minimum absolute atomic E-state index is 0.0195. The van der Waals surface area contributed by atoms with Crippen molar-refractivity contribution in [3.8, 4) is 0 Å². The Morgan fingerprint density at radius 1 is 1.00 bits per heavy atom. The van der Waals surface area contributed by atoms with Gasteiger partial charge >= 0.3 is 0 Å². The van der Waals surface area contributed by atoms with Gasteiger partial charge in [0.05, 0.1) is 15.6 Å². The molecule has 0 aliphatic carbocycles. The van der Waals surface area contributed by atoms with Gasteiger partial charge < -0.3 is 10.2 Å². The second-order valence-corrected chi connectivity index (χ2v) is 12.9. The van der Waals surface area contributed by atoms with Gasteiger partial charge in [-0.15, -0.1) is 0 Å². The summed E-state index contributed by atoms with van der Waals surface area (Å²) in [4.78, 5) is 28.7. The number of carbonyl (C=O) groups is 2. The maximum Gasteiger partial charge on any atom is 0.264 e. The summed E-state index contributed by atoms with van der Waals surface area (Å²) in [5, 5.41) is 2.65. The van der Waals surface area contributed by atoms with Gasteiger partial charge in [0.2, 0.25) is 11.8 Å². The summed E-state index contributed by atoms with van der Waals surface area (Å²) in [6.45, 7) is 8.71. The molecule has 0 aliphatic rings. The molecule has 0 bridgehead atoms. The molecule has 10 heteroatoms. The molecular formula is C30H35ClFN3O4S. The molecule has 214 valence electrons. The van der Waals surface area contributed by atoms with Crippen LogP contribution in [0.4, 0.5) is 10.1 Å². The lowest BCUT2D eigenvalue weighted by Crippen LogP contribution is -2.55. The predicted molar refractivity (Wildman–Crippen MR) is 156 cm³/mol. The number of aryl methyl sites for hydroxylation is 1. The highest BCUT2D eigenvalue weighted by Crippen LogP contribution is 2.28. The van der Waals surface area contributed by atoms with Crippen LogP contribution in [-0.4, -0.2) is 43.3 Å². The average molecular weight is 588 g/mol. The lowest BCUT2D eigenvalue weighted by atomic mass is 10.1. The van der Waals surface area contributed by atoms with Crippen molar-refractivity contribution in [2.75, 3.05) is 10.8 Å². The fourth-order valence-electron chi connectivity index (χ4n) is 4.15. The Bertz CT molecular complexity index is 1440. The Morgan fingerprint density at radius 2 is 1.62 bits per heavy atom. The fraction of sp³-hybridized carbons (Fsp3) is 0.333. The molecule has 3 rings (SSSR count). The van der Waals surface area contributed by atoms with E-state index >= 15 is 0 Å². The summed E-state index contributed by atoms with van der Waals surface area (Å²) in [7, 11) is -4.27. The highest BCUT2D eigenvalue weighted by molar-refractivity contribution is 7.92. The summed E-state index contributed by atoms with van der Waals surface area (Å²) in [6.07, 6.45) is 0.299. The number of rotatable bonds is 10. The summed E-state index contributed by atoms with van der Waals surface area (Å²) in [6, 6.07) is 17.8. The molecular weight excluding hydrogens is 553 g/mol. The van der Waals surface area contributed by atoms with Crippen molar-refractivity contribution in [1.82, 2.24) is 10.2 Å². The van der Waals surface area contributed by atoms with Crippen molar-refractivity contribution in [3.05, 3.63) is 94.8 Å². The van der Waals surface area contributed by atoms with Gasteiger partial charge in [-0.25, -0.2) is 12.8 Å². The van der Waals surface area contributed by atoms with Crippen LogP contribution in [0.2, 0.25) is 5.02 Å². The largest absolute Gasteiger partial charge is 0.350 e. The maximum atomic E-state index is 14.0. The quantitative estimate of drug-likeness (QED) is 0.329. The Kier molecular flexibility index (Phi) is 9.97. The van der Waals surface area contributed by atoms with Crippen molar-refractivity contribution in [1.29, 1.82) is 0 Å². The molecule has 0 heterocycles. The number of anilines is 1. The molecule has 3 aromatic rings. The molecule has 0 fully saturated rings. The van der Waals surface area contributed by atoms with Gasteiger partial charge in [0.15, 0.2) is 0 Å². The molecule has 7 nitrogen and oxygen atoms in total.